The normalized spacial score (nSPS) is 16.5. The minimum Gasteiger partial charge on any atom is -0.508 e. The van der Waals surface area contributed by atoms with Crippen LogP contribution in [0.3, 0.4) is 0 Å². The molecule has 0 fully saturated rings. The lowest BCUT2D eigenvalue weighted by atomic mass is 9.97. The number of carbonyl (C=O) groups is 1. The molecule has 0 heterocycles. The molecule has 0 bridgehead atoms. The van der Waals surface area contributed by atoms with Crippen molar-refractivity contribution in [3.63, 3.8) is 0 Å². The number of carbonyl (C=O) groups excluding carboxylic acids is 1. The van der Waals surface area contributed by atoms with Crippen LogP contribution in [0.2, 0.25) is 0 Å². The summed E-state index contributed by atoms with van der Waals surface area (Å²) in [6.07, 6.45) is 3.66. The summed E-state index contributed by atoms with van der Waals surface area (Å²) in [5.74, 6) is -0.797. The van der Waals surface area contributed by atoms with E-state index in [4.69, 9.17) is 5.41 Å². The number of aromatic hydroxyl groups is 1. The number of hydrogen-bond acceptors (Lipinski definition) is 4. The maximum atomic E-state index is 13.4. The number of halogens is 1. The molecular weight excluding hydrogens is 271 g/mol. The second kappa shape index (κ2) is 6.17. The molecule has 21 heavy (non-hydrogen) atoms. The van der Waals surface area contributed by atoms with Crippen molar-refractivity contribution in [1.29, 1.82) is 5.41 Å². The number of rotatable bonds is 4. The molecular formula is C16H15FN2O2. The molecule has 2 rings (SSSR count). The first kappa shape index (κ1) is 14.7. The lowest BCUT2D eigenvalue weighted by Crippen LogP contribution is -2.24. The molecule has 3 N–H and O–H groups in total. The summed E-state index contributed by atoms with van der Waals surface area (Å²) in [5, 5.41) is 20.0. The zero-order valence-electron chi connectivity index (χ0n) is 11.5. The fourth-order valence-corrected chi connectivity index (χ4v) is 1.96. The largest absolute Gasteiger partial charge is 0.508 e. The minimum atomic E-state index is -0.505. The molecule has 4 nitrogen and oxygen atoms in total. The lowest BCUT2D eigenvalue weighted by Gasteiger charge is -2.15. The second-order valence-electron chi connectivity index (χ2n) is 4.47. The Labute approximate surface area is 121 Å². The van der Waals surface area contributed by atoms with Gasteiger partial charge in [-0.15, -0.1) is 0 Å². The van der Waals surface area contributed by atoms with Crippen LogP contribution in [0.25, 0.3) is 0 Å². The van der Waals surface area contributed by atoms with Gasteiger partial charge in [0, 0.05) is 17.7 Å². The second-order valence-corrected chi connectivity index (χ2v) is 4.47. The van der Waals surface area contributed by atoms with Gasteiger partial charge in [0.1, 0.15) is 11.6 Å². The number of nitrogens with one attached hydrogen (secondary N) is 2. The Kier molecular flexibility index (Phi) is 4.33. The molecule has 1 aromatic rings. The van der Waals surface area contributed by atoms with Gasteiger partial charge in [0.2, 0.25) is 5.78 Å². The predicted octanol–water partition coefficient (Wildman–Crippen LogP) is 2.88. The van der Waals surface area contributed by atoms with Gasteiger partial charge in [0.25, 0.3) is 0 Å². The Bertz CT molecular complexity index is 670. The number of ketones is 1. The van der Waals surface area contributed by atoms with Crippen LogP contribution in [0.15, 0.2) is 59.6 Å². The van der Waals surface area contributed by atoms with Crippen LogP contribution in [0.4, 0.5) is 4.39 Å². The molecule has 5 heteroatoms. The smallest absolute Gasteiger partial charge is 0.209 e. The van der Waals surface area contributed by atoms with E-state index in [1.165, 1.54) is 42.5 Å². The number of benzene rings is 1. The van der Waals surface area contributed by atoms with Gasteiger partial charge < -0.3 is 15.8 Å². The average molecular weight is 286 g/mol. The van der Waals surface area contributed by atoms with E-state index in [0.29, 0.717) is 12.1 Å². The van der Waals surface area contributed by atoms with Crippen LogP contribution in [-0.2, 0) is 0 Å². The first-order valence-corrected chi connectivity index (χ1v) is 6.49. The van der Waals surface area contributed by atoms with E-state index in [-0.39, 0.29) is 28.5 Å². The molecule has 0 radical (unpaired) electrons. The van der Waals surface area contributed by atoms with Crippen LogP contribution in [0.5, 0.6) is 5.75 Å². The van der Waals surface area contributed by atoms with E-state index in [0.717, 1.165) is 0 Å². The highest BCUT2D eigenvalue weighted by Crippen LogP contribution is 2.20. The Morgan fingerprint density at radius 3 is 2.57 bits per heavy atom. The Balaban J connectivity index is 2.48. The van der Waals surface area contributed by atoms with Gasteiger partial charge in [-0.2, -0.15) is 0 Å². The fourth-order valence-electron chi connectivity index (χ4n) is 1.96. The van der Waals surface area contributed by atoms with Gasteiger partial charge >= 0.3 is 0 Å². The monoisotopic (exact) mass is 286 g/mol. The highest BCUT2D eigenvalue weighted by molar-refractivity contribution is 6.18. The maximum Gasteiger partial charge on any atom is 0.209 e. The molecule has 1 aromatic carbocycles. The number of phenolic OH excluding ortho intramolecular Hbond substituents is 1. The first-order chi connectivity index (χ1) is 10.0. The summed E-state index contributed by atoms with van der Waals surface area (Å²) in [6.45, 7) is 2.28. The van der Waals surface area contributed by atoms with Crippen molar-refractivity contribution >= 4 is 11.5 Å². The molecule has 108 valence electrons. The fraction of sp³-hybridized carbons (Fsp3) is 0.125. The number of hydrogen-bond donors (Lipinski definition) is 3. The number of phenols is 1. The van der Waals surface area contributed by atoms with Crippen molar-refractivity contribution in [1.82, 2.24) is 5.32 Å². The van der Waals surface area contributed by atoms with Crippen molar-refractivity contribution in [3.8, 4) is 5.75 Å². The van der Waals surface area contributed by atoms with E-state index < -0.39 is 5.83 Å². The Morgan fingerprint density at radius 1 is 1.29 bits per heavy atom. The number of likely N-dealkylation sites (N-methyl/N-ethyl adjacent to an activating group) is 1. The summed E-state index contributed by atoms with van der Waals surface area (Å²) < 4.78 is 13.4. The van der Waals surface area contributed by atoms with Gasteiger partial charge in [0.15, 0.2) is 0 Å². The van der Waals surface area contributed by atoms with Crippen LogP contribution in [0, 0.1) is 5.41 Å². The third kappa shape index (κ3) is 3.25. The number of Topliss-reactive ketones (excluding diaryl/α,β-unsaturated/α-hetero) is 1. The molecule has 0 aromatic heterocycles. The predicted molar refractivity (Wildman–Crippen MR) is 79.2 cm³/mol. The van der Waals surface area contributed by atoms with Crippen molar-refractivity contribution in [2.24, 2.45) is 0 Å². The van der Waals surface area contributed by atoms with Gasteiger partial charge in [0.05, 0.1) is 11.4 Å². The Hall–Kier alpha value is -2.69. The summed E-state index contributed by atoms with van der Waals surface area (Å²) in [6, 6.07) is 5.78. The summed E-state index contributed by atoms with van der Waals surface area (Å²) in [7, 11) is 0. The Morgan fingerprint density at radius 2 is 1.95 bits per heavy atom. The van der Waals surface area contributed by atoms with Crippen LogP contribution >= 0.6 is 0 Å². The number of allylic oxidation sites excluding steroid dienone is 6. The van der Waals surface area contributed by atoms with E-state index in [2.05, 4.69) is 5.32 Å². The van der Waals surface area contributed by atoms with E-state index in [1.807, 2.05) is 6.92 Å². The molecule has 0 unspecified atom stereocenters. The zero-order chi connectivity index (χ0) is 15.4. The standard InChI is InChI=1S/C16H15FN2O2/c1-2-19-15(13-9-11(17)5-8-14(13)18)16(21)10-3-6-12(20)7-4-10/h3-9,18-20H,2H2,1H3/b15-13-,18-14?. The molecule has 0 spiro atoms. The molecule has 0 aliphatic heterocycles. The quantitative estimate of drug-likeness (QED) is 0.588. The van der Waals surface area contributed by atoms with Crippen molar-refractivity contribution < 1.29 is 14.3 Å². The van der Waals surface area contributed by atoms with Gasteiger partial charge in [-0.1, -0.05) is 0 Å². The van der Waals surface area contributed by atoms with Crippen molar-refractivity contribution in [3.05, 3.63) is 65.2 Å². The van der Waals surface area contributed by atoms with Crippen LogP contribution in [-0.4, -0.2) is 23.1 Å². The topological polar surface area (TPSA) is 73.2 Å². The molecule has 1 aliphatic carbocycles. The van der Waals surface area contributed by atoms with Gasteiger partial charge in [-0.25, -0.2) is 4.39 Å². The van der Waals surface area contributed by atoms with Crippen LogP contribution < -0.4 is 5.32 Å². The summed E-state index contributed by atoms with van der Waals surface area (Å²) in [5.41, 5.74) is 0.814. The van der Waals surface area contributed by atoms with Crippen LogP contribution in [0.1, 0.15) is 17.3 Å². The minimum absolute atomic E-state index is 0.0588. The third-order valence-electron chi connectivity index (χ3n) is 2.96. The van der Waals surface area contributed by atoms with Crippen molar-refractivity contribution in [2.45, 2.75) is 6.92 Å². The SMILES string of the molecule is CCN/C(C(=O)c1ccc(O)cc1)=C1/C=C(F)C=CC1=N. The first-order valence-electron chi connectivity index (χ1n) is 6.49. The third-order valence-corrected chi connectivity index (χ3v) is 2.96. The average Bonchev–Trinajstić information content (AvgIpc) is 2.48. The molecule has 1 aliphatic rings. The highest BCUT2D eigenvalue weighted by Gasteiger charge is 2.19. The lowest BCUT2D eigenvalue weighted by molar-refractivity contribution is 0.102. The molecule has 0 atom stereocenters. The van der Waals surface area contributed by atoms with Crippen molar-refractivity contribution in [2.75, 3.05) is 6.54 Å². The molecule has 0 saturated carbocycles. The maximum absolute atomic E-state index is 13.4. The zero-order valence-corrected chi connectivity index (χ0v) is 11.5. The van der Waals surface area contributed by atoms with E-state index in [9.17, 15) is 14.3 Å². The van der Waals surface area contributed by atoms with Gasteiger partial charge in [-0.05, 0) is 49.4 Å². The van der Waals surface area contributed by atoms with E-state index in [1.54, 1.807) is 0 Å². The summed E-state index contributed by atoms with van der Waals surface area (Å²) >= 11 is 0. The van der Waals surface area contributed by atoms with E-state index >= 15 is 0 Å². The van der Waals surface area contributed by atoms with Gasteiger partial charge in [-0.3, -0.25) is 4.79 Å². The summed E-state index contributed by atoms with van der Waals surface area (Å²) in [4.78, 5) is 12.5. The molecule has 0 amide bonds. The molecule has 0 saturated heterocycles. The highest BCUT2D eigenvalue weighted by atomic mass is 19.1.